The number of aromatic nitrogens is 4. The zero-order chi connectivity index (χ0) is 22.8. The zero-order valence-corrected chi connectivity index (χ0v) is 19.5. The third-order valence-corrected chi connectivity index (χ3v) is 9.19. The maximum atomic E-state index is 13.1. The molecule has 1 saturated heterocycles. The van der Waals surface area contributed by atoms with E-state index < -0.39 is 26.3 Å². The molecule has 2 saturated carbocycles. The first-order valence-electron chi connectivity index (χ1n) is 10.8. The highest BCUT2D eigenvalue weighted by Gasteiger charge is 2.36. The molecule has 172 valence electrons. The summed E-state index contributed by atoms with van der Waals surface area (Å²) in [6.07, 6.45) is 4.06. The molecule has 1 aliphatic heterocycles. The predicted molar refractivity (Wildman–Crippen MR) is 120 cm³/mol. The number of carbonyl (C=O) groups excluding carboxylic acids is 1. The lowest BCUT2D eigenvalue weighted by molar-refractivity contribution is -0.130. The van der Waals surface area contributed by atoms with Gasteiger partial charge in [0, 0.05) is 25.0 Å². The highest BCUT2D eigenvalue weighted by molar-refractivity contribution is 8.00. The van der Waals surface area contributed by atoms with E-state index in [0.717, 1.165) is 37.4 Å². The van der Waals surface area contributed by atoms with Crippen molar-refractivity contribution >= 4 is 38.5 Å². The van der Waals surface area contributed by atoms with Gasteiger partial charge in [0.1, 0.15) is 16.2 Å². The van der Waals surface area contributed by atoms with Gasteiger partial charge in [-0.2, -0.15) is 0 Å². The minimum absolute atomic E-state index is 0.0242. The van der Waals surface area contributed by atoms with Crippen molar-refractivity contribution in [1.82, 2.24) is 24.4 Å². The number of carbonyl (C=O) groups is 1. The van der Waals surface area contributed by atoms with Gasteiger partial charge >= 0.3 is 5.69 Å². The Balaban J connectivity index is 1.51. The Labute approximate surface area is 188 Å². The molecule has 2 unspecified atom stereocenters. The smallest absolute Gasteiger partial charge is 0.330 e. The van der Waals surface area contributed by atoms with Crippen LogP contribution in [0.25, 0.3) is 11.0 Å². The second kappa shape index (κ2) is 7.68. The lowest BCUT2D eigenvalue weighted by Gasteiger charge is -2.26. The molecule has 3 aliphatic rings. The number of aromatic amines is 1. The van der Waals surface area contributed by atoms with Gasteiger partial charge < -0.3 is 4.90 Å². The van der Waals surface area contributed by atoms with Crippen molar-refractivity contribution < 1.29 is 13.2 Å². The van der Waals surface area contributed by atoms with Crippen LogP contribution in [0.15, 0.2) is 14.6 Å². The van der Waals surface area contributed by atoms with Crippen molar-refractivity contribution in [3.8, 4) is 0 Å². The Hall–Kier alpha value is -2.21. The molecular formula is C20H25N5O5S2. The lowest BCUT2D eigenvalue weighted by Crippen LogP contribution is -2.41. The van der Waals surface area contributed by atoms with Crippen LogP contribution in [-0.4, -0.2) is 68.6 Å². The Morgan fingerprint density at radius 1 is 1.19 bits per heavy atom. The summed E-state index contributed by atoms with van der Waals surface area (Å²) in [7, 11) is -1.49. The third kappa shape index (κ3) is 3.98. The molecule has 0 bridgehead atoms. The van der Waals surface area contributed by atoms with E-state index in [9.17, 15) is 22.8 Å². The fraction of sp³-hybridized carbons (Fsp3) is 0.650. The van der Waals surface area contributed by atoms with Gasteiger partial charge in [0.05, 0.1) is 16.8 Å². The summed E-state index contributed by atoms with van der Waals surface area (Å²) in [4.78, 5) is 51.4. The molecule has 32 heavy (non-hydrogen) atoms. The van der Waals surface area contributed by atoms with E-state index in [-0.39, 0.29) is 40.8 Å². The quantitative estimate of drug-likeness (QED) is 0.475. The average molecular weight is 480 g/mol. The molecule has 2 aromatic rings. The number of sulfone groups is 1. The van der Waals surface area contributed by atoms with Crippen LogP contribution in [0.1, 0.15) is 56.8 Å². The van der Waals surface area contributed by atoms with E-state index in [4.69, 9.17) is 0 Å². The topological polar surface area (TPSA) is 135 Å². The van der Waals surface area contributed by atoms with Gasteiger partial charge in [0.25, 0.3) is 5.56 Å². The first-order valence-corrected chi connectivity index (χ1v) is 13.5. The normalized spacial score (nSPS) is 23.4. The molecule has 5 rings (SSSR count). The monoisotopic (exact) mass is 479 g/mol. The summed E-state index contributed by atoms with van der Waals surface area (Å²) >= 11 is 1.16. The maximum absolute atomic E-state index is 13.1. The van der Waals surface area contributed by atoms with E-state index in [0.29, 0.717) is 22.9 Å². The van der Waals surface area contributed by atoms with Crippen molar-refractivity contribution in [3.05, 3.63) is 26.7 Å². The molecule has 2 aromatic heterocycles. The number of hydrogen-bond donors (Lipinski definition) is 1. The number of thioether (sulfide) groups is 1. The van der Waals surface area contributed by atoms with Crippen LogP contribution in [0.5, 0.6) is 0 Å². The van der Waals surface area contributed by atoms with Crippen molar-refractivity contribution in [1.29, 1.82) is 0 Å². The fourth-order valence-corrected chi connectivity index (χ4v) is 7.00. The van der Waals surface area contributed by atoms with Gasteiger partial charge in [-0.3, -0.25) is 19.1 Å². The van der Waals surface area contributed by atoms with Crippen LogP contribution in [0.3, 0.4) is 0 Å². The first kappa shape index (κ1) is 21.6. The summed E-state index contributed by atoms with van der Waals surface area (Å²) in [5, 5.41) is 0.0339. The molecule has 2 aliphatic carbocycles. The van der Waals surface area contributed by atoms with Gasteiger partial charge in [0.2, 0.25) is 5.91 Å². The number of nitrogens with one attached hydrogen (secondary N) is 1. The fourth-order valence-electron chi connectivity index (χ4n) is 4.18. The molecule has 0 aromatic carbocycles. The van der Waals surface area contributed by atoms with E-state index >= 15 is 0 Å². The number of rotatable bonds is 6. The molecule has 1 amide bonds. The van der Waals surface area contributed by atoms with E-state index in [2.05, 4.69) is 15.0 Å². The summed E-state index contributed by atoms with van der Waals surface area (Å²) in [5.74, 6) is 0.658. The molecule has 3 fully saturated rings. The molecule has 10 nitrogen and oxygen atoms in total. The number of fused-ring (bicyclic) bond motifs is 1. The van der Waals surface area contributed by atoms with Crippen molar-refractivity contribution in [3.63, 3.8) is 0 Å². The highest BCUT2D eigenvalue weighted by Crippen LogP contribution is 2.41. The average Bonchev–Trinajstić information content (AvgIpc) is 3.64. The molecule has 2 atom stereocenters. The molecular weight excluding hydrogens is 454 g/mol. The van der Waals surface area contributed by atoms with Crippen LogP contribution in [0.2, 0.25) is 0 Å². The standard InChI is InChI=1S/C20H25N5O5S2/c1-10(19(27)24(2)13-7-8-32(29,30)9-13)31-18-14-16(21-15(22-18)11-3-4-11)25(12-5-6-12)20(28)23-17(14)26/h10-13H,3-9H2,1-2H3,(H,23,26,28). The minimum atomic E-state index is -3.11. The van der Waals surface area contributed by atoms with E-state index in [1.807, 2.05) is 0 Å². The van der Waals surface area contributed by atoms with Gasteiger partial charge in [-0.15, -0.1) is 0 Å². The highest BCUT2D eigenvalue weighted by atomic mass is 32.2. The lowest BCUT2D eigenvalue weighted by atomic mass is 10.2. The SMILES string of the molecule is CC(Sc1nc(C2CC2)nc2c1c(=O)[nH]c(=O)n2C1CC1)C(=O)N(C)C1CCS(=O)(=O)C1. The summed E-state index contributed by atoms with van der Waals surface area (Å²) in [5.41, 5.74) is -0.676. The summed E-state index contributed by atoms with van der Waals surface area (Å²) < 4.78 is 25.2. The van der Waals surface area contributed by atoms with Crippen LogP contribution in [0, 0.1) is 0 Å². The van der Waals surface area contributed by atoms with Gasteiger partial charge in [-0.1, -0.05) is 11.8 Å². The van der Waals surface area contributed by atoms with Crippen molar-refractivity contribution in [2.24, 2.45) is 0 Å². The van der Waals surface area contributed by atoms with Crippen LogP contribution in [0.4, 0.5) is 0 Å². The molecule has 3 heterocycles. The van der Waals surface area contributed by atoms with Gasteiger partial charge in [0.15, 0.2) is 15.5 Å². The van der Waals surface area contributed by atoms with Crippen molar-refractivity contribution in [2.45, 2.75) is 67.3 Å². The van der Waals surface area contributed by atoms with E-state index in [1.54, 1.807) is 18.5 Å². The molecule has 0 radical (unpaired) electrons. The molecule has 0 spiro atoms. The maximum Gasteiger partial charge on any atom is 0.330 e. The second-order valence-electron chi connectivity index (χ2n) is 8.99. The van der Waals surface area contributed by atoms with Crippen molar-refractivity contribution in [2.75, 3.05) is 18.6 Å². The van der Waals surface area contributed by atoms with Crippen LogP contribution in [-0.2, 0) is 14.6 Å². The van der Waals surface area contributed by atoms with Crippen LogP contribution >= 0.6 is 11.8 Å². The molecule has 12 heteroatoms. The summed E-state index contributed by atoms with van der Waals surface area (Å²) in [6.45, 7) is 1.72. The number of H-pyrrole nitrogens is 1. The summed E-state index contributed by atoms with van der Waals surface area (Å²) in [6, 6.07) is -0.320. The Morgan fingerprint density at radius 2 is 1.91 bits per heavy atom. The van der Waals surface area contributed by atoms with Gasteiger partial charge in [-0.25, -0.2) is 23.2 Å². The number of hydrogen-bond acceptors (Lipinski definition) is 8. The van der Waals surface area contributed by atoms with Crippen LogP contribution < -0.4 is 11.2 Å². The second-order valence-corrected chi connectivity index (χ2v) is 12.5. The Morgan fingerprint density at radius 3 is 2.50 bits per heavy atom. The van der Waals surface area contributed by atoms with Gasteiger partial charge in [-0.05, 0) is 39.0 Å². The minimum Gasteiger partial charge on any atom is -0.341 e. The Kier molecular flexibility index (Phi) is 5.19. The largest absolute Gasteiger partial charge is 0.341 e. The zero-order valence-electron chi connectivity index (χ0n) is 17.9. The number of nitrogens with zero attached hydrogens (tertiary/aromatic N) is 4. The Bertz CT molecular complexity index is 1330. The van der Waals surface area contributed by atoms with E-state index in [1.165, 1.54) is 4.90 Å². The predicted octanol–water partition coefficient (Wildman–Crippen LogP) is 0.818. The third-order valence-electron chi connectivity index (χ3n) is 6.36. The molecule has 1 N–H and O–H groups in total. The number of amides is 1. The first-order chi connectivity index (χ1) is 15.1.